The molecule has 3 aromatic rings. The molecule has 2 unspecified atom stereocenters. The van der Waals surface area contributed by atoms with Crippen LogP contribution in [-0.4, -0.2) is 73.9 Å². The smallest absolute Gasteiger partial charge is 0.323 e. The number of nitrogens with one attached hydrogen (secondary N) is 4. The number of nitrogen functional groups attached to an aromatic ring is 1. The average Bonchev–Trinajstić information content (AvgIpc) is 2.97. The van der Waals surface area contributed by atoms with Crippen molar-refractivity contribution in [3.8, 4) is 0 Å². The first-order chi connectivity index (χ1) is 20.4. The predicted octanol–water partition coefficient (Wildman–Crippen LogP) is 1.39. The van der Waals surface area contributed by atoms with Gasteiger partial charge in [0.05, 0.1) is 17.6 Å². The molecule has 43 heavy (non-hydrogen) atoms. The first kappa shape index (κ1) is 31.6. The van der Waals surface area contributed by atoms with Crippen LogP contribution in [0.5, 0.6) is 0 Å². The van der Waals surface area contributed by atoms with Crippen molar-refractivity contribution in [3.05, 3.63) is 77.9 Å². The molecule has 7 N–H and O–H groups in total. The summed E-state index contributed by atoms with van der Waals surface area (Å²) in [6, 6.07) is 17.1. The van der Waals surface area contributed by atoms with Gasteiger partial charge in [-0.1, -0.05) is 55.5 Å². The summed E-state index contributed by atoms with van der Waals surface area (Å²) in [6.07, 6.45) is 0.856. The van der Waals surface area contributed by atoms with Gasteiger partial charge < -0.3 is 21.1 Å². The van der Waals surface area contributed by atoms with Crippen molar-refractivity contribution in [1.29, 1.82) is 5.41 Å². The molecule has 1 saturated heterocycles. The van der Waals surface area contributed by atoms with Gasteiger partial charge in [-0.15, -0.1) is 0 Å². The summed E-state index contributed by atoms with van der Waals surface area (Å²) in [5, 5.41) is 24.4. The fourth-order valence-electron chi connectivity index (χ4n) is 5.10. The van der Waals surface area contributed by atoms with Crippen molar-refractivity contribution in [3.63, 3.8) is 0 Å². The Balaban J connectivity index is 1.56. The molecule has 4 rings (SSSR count). The monoisotopic (exact) mass is 608 g/mol. The van der Waals surface area contributed by atoms with Crippen molar-refractivity contribution in [2.75, 3.05) is 19.6 Å². The van der Waals surface area contributed by atoms with Crippen molar-refractivity contribution in [2.24, 2.45) is 11.7 Å². The number of piperidine rings is 1. The van der Waals surface area contributed by atoms with E-state index >= 15 is 0 Å². The summed E-state index contributed by atoms with van der Waals surface area (Å²) in [7, 11) is -4.20. The third-order valence-electron chi connectivity index (χ3n) is 7.38. The SMILES string of the molecule is CC1CCNC(N(CC(=O)O)C(=O)CNC(=O)[C@H](Cc2cccc(C(=N)N)c2)NS(=O)(=O)c2ccc3ccccc3c2)C1. The zero-order valence-corrected chi connectivity index (χ0v) is 24.6. The second-order valence-corrected chi connectivity index (χ2v) is 12.4. The molecule has 1 fully saturated rings. The number of hydrogen-bond donors (Lipinski definition) is 6. The molecular formula is C30H36N6O6S. The number of sulfonamides is 1. The second kappa shape index (κ2) is 13.8. The minimum atomic E-state index is -4.20. The van der Waals surface area contributed by atoms with Gasteiger partial charge in [-0.25, -0.2) is 8.42 Å². The lowest BCUT2D eigenvalue weighted by atomic mass is 9.97. The first-order valence-corrected chi connectivity index (χ1v) is 15.4. The highest BCUT2D eigenvalue weighted by Crippen LogP contribution is 2.20. The van der Waals surface area contributed by atoms with Crippen LogP contribution in [-0.2, 0) is 30.8 Å². The molecule has 1 aliphatic rings. The summed E-state index contributed by atoms with van der Waals surface area (Å²) >= 11 is 0. The summed E-state index contributed by atoms with van der Waals surface area (Å²) in [5.41, 5.74) is 6.55. The number of carbonyl (C=O) groups excluding carboxylic acids is 2. The molecule has 0 radical (unpaired) electrons. The first-order valence-electron chi connectivity index (χ1n) is 13.9. The lowest BCUT2D eigenvalue weighted by molar-refractivity contribution is -0.147. The van der Waals surface area contributed by atoms with Gasteiger partial charge in [0, 0.05) is 5.56 Å². The van der Waals surface area contributed by atoms with Crippen LogP contribution in [0.1, 0.15) is 30.9 Å². The second-order valence-electron chi connectivity index (χ2n) is 10.7. The number of fused-ring (bicyclic) bond motifs is 1. The van der Waals surface area contributed by atoms with E-state index in [4.69, 9.17) is 11.1 Å². The zero-order valence-electron chi connectivity index (χ0n) is 23.7. The number of nitrogens with two attached hydrogens (primary N) is 1. The average molecular weight is 609 g/mol. The number of benzene rings is 3. The highest BCUT2D eigenvalue weighted by atomic mass is 32.2. The quantitative estimate of drug-likeness (QED) is 0.131. The highest BCUT2D eigenvalue weighted by Gasteiger charge is 2.31. The molecule has 1 aliphatic heterocycles. The number of nitrogens with zero attached hydrogens (tertiary/aromatic N) is 1. The number of amidine groups is 1. The molecule has 1 heterocycles. The van der Waals surface area contributed by atoms with Gasteiger partial charge >= 0.3 is 5.97 Å². The molecule has 0 bridgehead atoms. The van der Waals surface area contributed by atoms with Crippen LogP contribution < -0.4 is 21.1 Å². The van der Waals surface area contributed by atoms with Crippen molar-refractivity contribution in [1.82, 2.24) is 20.3 Å². The normalized spacial score (nSPS) is 17.6. The van der Waals surface area contributed by atoms with Crippen LogP contribution >= 0.6 is 0 Å². The molecule has 0 saturated carbocycles. The van der Waals surface area contributed by atoms with E-state index in [0.29, 0.717) is 29.5 Å². The molecule has 12 nitrogen and oxygen atoms in total. The Morgan fingerprint density at radius 3 is 2.53 bits per heavy atom. The molecule has 3 atom stereocenters. The maximum Gasteiger partial charge on any atom is 0.323 e. The van der Waals surface area contributed by atoms with Gasteiger partial charge in [0.2, 0.25) is 21.8 Å². The number of aliphatic carboxylic acids is 1. The van der Waals surface area contributed by atoms with Crippen LogP contribution in [0, 0.1) is 11.3 Å². The van der Waals surface area contributed by atoms with E-state index in [9.17, 15) is 27.9 Å². The Bertz CT molecular complexity index is 1630. The molecule has 3 aromatic carbocycles. The van der Waals surface area contributed by atoms with Crippen LogP contribution in [0.3, 0.4) is 0 Å². The number of hydrogen-bond acceptors (Lipinski definition) is 7. The summed E-state index contributed by atoms with van der Waals surface area (Å²) in [5.74, 6) is -2.48. The van der Waals surface area contributed by atoms with E-state index in [-0.39, 0.29) is 23.1 Å². The van der Waals surface area contributed by atoms with Crippen LogP contribution in [0.25, 0.3) is 10.8 Å². The summed E-state index contributed by atoms with van der Waals surface area (Å²) in [4.78, 5) is 39.3. The molecule has 0 aliphatic carbocycles. The van der Waals surface area contributed by atoms with Gasteiger partial charge in [0.1, 0.15) is 18.4 Å². The Kier molecular flexibility index (Phi) is 10.1. The Morgan fingerprint density at radius 1 is 1.09 bits per heavy atom. The summed E-state index contributed by atoms with van der Waals surface area (Å²) < 4.78 is 29.4. The summed E-state index contributed by atoms with van der Waals surface area (Å²) in [6.45, 7) is 1.57. The molecule has 13 heteroatoms. The van der Waals surface area contributed by atoms with E-state index in [2.05, 4.69) is 15.4 Å². The lowest BCUT2D eigenvalue weighted by Gasteiger charge is -2.36. The number of carboxylic acids is 1. The molecule has 2 amide bonds. The van der Waals surface area contributed by atoms with Crippen LogP contribution in [0.4, 0.5) is 0 Å². The van der Waals surface area contributed by atoms with E-state index in [1.54, 1.807) is 42.5 Å². The minimum absolute atomic E-state index is 0.0392. The molecule has 0 aromatic heterocycles. The molecule has 0 spiro atoms. The third kappa shape index (κ3) is 8.37. The Morgan fingerprint density at radius 2 is 1.84 bits per heavy atom. The molecule has 228 valence electrons. The maximum atomic E-state index is 13.5. The van der Waals surface area contributed by atoms with E-state index in [1.165, 1.54) is 17.0 Å². The van der Waals surface area contributed by atoms with Gasteiger partial charge in [-0.2, -0.15) is 4.72 Å². The van der Waals surface area contributed by atoms with Crippen molar-refractivity contribution < 1.29 is 27.9 Å². The van der Waals surface area contributed by atoms with Crippen molar-refractivity contribution in [2.45, 2.75) is 43.3 Å². The topological polar surface area (TPSA) is 195 Å². The minimum Gasteiger partial charge on any atom is -0.480 e. The van der Waals surface area contributed by atoms with Crippen LogP contribution in [0.15, 0.2) is 71.6 Å². The van der Waals surface area contributed by atoms with Gasteiger partial charge in [-0.05, 0) is 66.3 Å². The van der Waals surface area contributed by atoms with Gasteiger partial charge in [-0.3, -0.25) is 25.1 Å². The maximum absolute atomic E-state index is 13.5. The number of carbonyl (C=O) groups is 3. The number of rotatable bonds is 12. The van der Waals surface area contributed by atoms with Gasteiger partial charge in [0.15, 0.2) is 0 Å². The third-order valence-corrected chi connectivity index (χ3v) is 8.85. The standard InChI is InChI=1S/C30H36N6O6S/c1-19-11-12-33-26(13-19)36(18-28(38)39)27(37)17-34-30(40)25(15-20-5-4-8-23(14-20)29(31)32)35-43(41,42)24-10-9-21-6-2-3-7-22(21)16-24/h2-10,14,16,19,25-26,33,35H,11-13,15,17-18H2,1H3,(H3,31,32)(H,34,40)(H,38,39)/t19?,25-,26?/m0/s1. The van der Waals surface area contributed by atoms with Crippen molar-refractivity contribution >= 4 is 44.4 Å². The zero-order chi connectivity index (χ0) is 31.1. The van der Waals surface area contributed by atoms with Gasteiger partial charge in [0.25, 0.3) is 0 Å². The predicted molar refractivity (Wildman–Crippen MR) is 162 cm³/mol. The largest absolute Gasteiger partial charge is 0.480 e. The Labute approximate surface area is 250 Å². The lowest BCUT2D eigenvalue weighted by Crippen LogP contribution is -2.57. The van der Waals surface area contributed by atoms with E-state index < -0.39 is 53.1 Å². The van der Waals surface area contributed by atoms with E-state index in [1.807, 2.05) is 19.1 Å². The number of amides is 2. The fourth-order valence-corrected chi connectivity index (χ4v) is 6.33. The number of carboxylic acid groups (broad SMARTS) is 1. The Hall–Kier alpha value is -4.33. The fraction of sp³-hybridized carbons (Fsp3) is 0.333. The molecular weight excluding hydrogens is 572 g/mol. The van der Waals surface area contributed by atoms with E-state index in [0.717, 1.165) is 11.8 Å². The highest BCUT2D eigenvalue weighted by molar-refractivity contribution is 7.89. The van der Waals surface area contributed by atoms with Crippen LogP contribution in [0.2, 0.25) is 0 Å².